The Balaban J connectivity index is 2.71. The molecule has 0 bridgehead atoms. The van der Waals surface area contributed by atoms with Crippen LogP contribution in [0.5, 0.6) is 11.5 Å². The third-order valence-electron chi connectivity index (χ3n) is 2.66. The summed E-state index contributed by atoms with van der Waals surface area (Å²) in [6.45, 7) is 3.54. The lowest BCUT2D eigenvalue weighted by Crippen LogP contribution is -2.11. The van der Waals surface area contributed by atoms with Gasteiger partial charge < -0.3 is 9.84 Å². The summed E-state index contributed by atoms with van der Waals surface area (Å²) < 4.78 is 4.97. The van der Waals surface area contributed by atoms with E-state index in [0.29, 0.717) is 5.75 Å². The van der Waals surface area contributed by atoms with Crippen LogP contribution in [0.2, 0.25) is 0 Å². The highest BCUT2D eigenvalue weighted by molar-refractivity contribution is 6.06. The minimum Gasteiger partial charge on any atom is -0.504 e. The van der Waals surface area contributed by atoms with Crippen molar-refractivity contribution in [3.8, 4) is 11.5 Å². The van der Waals surface area contributed by atoms with Crippen molar-refractivity contribution in [2.45, 2.75) is 20.3 Å². The largest absolute Gasteiger partial charge is 0.504 e. The van der Waals surface area contributed by atoms with Gasteiger partial charge in [-0.1, -0.05) is 26.0 Å². The number of methoxy groups -OCH3 is 1. The van der Waals surface area contributed by atoms with Gasteiger partial charge in [-0.3, -0.25) is 9.59 Å². The molecule has 1 rings (SSSR count). The number of ether oxygens (including phenoxy) is 1. The number of allylic oxidation sites excluding steroid dienone is 1. The first-order valence-corrected chi connectivity index (χ1v) is 6.04. The number of hydrogen-bond donors (Lipinski definition) is 1. The summed E-state index contributed by atoms with van der Waals surface area (Å²) in [5, 5.41) is 9.43. The van der Waals surface area contributed by atoms with Crippen LogP contribution in [-0.2, 0) is 9.59 Å². The zero-order valence-corrected chi connectivity index (χ0v) is 11.3. The number of benzene rings is 1. The highest BCUT2D eigenvalue weighted by Gasteiger charge is 2.10. The molecule has 0 aromatic heterocycles. The Hall–Kier alpha value is -2.10. The summed E-state index contributed by atoms with van der Waals surface area (Å²) in [6.07, 6.45) is 2.88. The van der Waals surface area contributed by atoms with Crippen LogP contribution in [0.4, 0.5) is 0 Å². The quantitative estimate of drug-likeness (QED) is 0.632. The molecule has 102 valence electrons. The van der Waals surface area contributed by atoms with E-state index < -0.39 is 0 Å². The Bertz CT molecular complexity index is 501. The third kappa shape index (κ3) is 4.58. The zero-order chi connectivity index (χ0) is 14.4. The van der Waals surface area contributed by atoms with Crippen LogP contribution in [0.3, 0.4) is 0 Å². The van der Waals surface area contributed by atoms with Crippen molar-refractivity contribution >= 4 is 17.6 Å². The molecule has 0 saturated heterocycles. The smallest absolute Gasteiger partial charge is 0.163 e. The highest BCUT2D eigenvalue weighted by Crippen LogP contribution is 2.26. The van der Waals surface area contributed by atoms with Gasteiger partial charge in [0.15, 0.2) is 17.3 Å². The molecule has 1 aromatic carbocycles. The molecule has 4 heteroatoms. The number of carbonyl (C=O) groups excluding carboxylic acids is 2. The summed E-state index contributed by atoms with van der Waals surface area (Å²) in [7, 11) is 1.45. The van der Waals surface area contributed by atoms with Crippen LogP contribution in [-0.4, -0.2) is 23.8 Å². The summed E-state index contributed by atoms with van der Waals surface area (Å²) in [4.78, 5) is 23.0. The first-order valence-electron chi connectivity index (χ1n) is 6.04. The number of aromatic hydroxyl groups is 1. The second-order valence-corrected chi connectivity index (χ2v) is 4.53. The van der Waals surface area contributed by atoms with E-state index in [2.05, 4.69) is 0 Å². The topological polar surface area (TPSA) is 63.6 Å². The van der Waals surface area contributed by atoms with E-state index in [1.807, 2.05) is 0 Å². The Morgan fingerprint density at radius 1 is 1.37 bits per heavy atom. The van der Waals surface area contributed by atoms with Crippen LogP contribution < -0.4 is 4.74 Å². The molecule has 0 radical (unpaired) electrons. The summed E-state index contributed by atoms with van der Waals surface area (Å²) >= 11 is 0. The number of phenolic OH excluding ortho intramolecular Hbond substituents is 1. The highest BCUT2D eigenvalue weighted by atomic mass is 16.5. The molecule has 1 N–H and O–H groups in total. The van der Waals surface area contributed by atoms with E-state index in [1.54, 1.807) is 32.1 Å². The van der Waals surface area contributed by atoms with Crippen LogP contribution >= 0.6 is 0 Å². The van der Waals surface area contributed by atoms with Gasteiger partial charge in [-0.05, 0) is 23.8 Å². The second kappa shape index (κ2) is 6.73. The van der Waals surface area contributed by atoms with E-state index in [-0.39, 0.29) is 29.7 Å². The Kier molecular flexibility index (Phi) is 5.30. The molecule has 0 heterocycles. The van der Waals surface area contributed by atoms with Crippen LogP contribution in [0, 0.1) is 5.92 Å². The standard InChI is InChI=1S/C15H18O4/c1-10(2)14(18)9-12(16)6-4-11-5-7-13(17)15(8-11)19-3/h4-8,10,17H,9H2,1-3H3. The van der Waals surface area contributed by atoms with Crippen molar-refractivity contribution in [2.24, 2.45) is 5.92 Å². The lowest BCUT2D eigenvalue weighted by molar-refractivity contribution is -0.126. The molecular weight excluding hydrogens is 244 g/mol. The molecule has 0 atom stereocenters. The summed E-state index contributed by atoms with van der Waals surface area (Å²) in [5.74, 6) is -0.0522. The van der Waals surface area contributed by atoms with Crippen LogP contribution in [0.15, 0.2) is 24.3 Å². The lowest BCUT2D eigenvalue weighted by atomic mass is 10.0. The Labute approximate surface area is 112 Å². The van der Waals surface area contributed by atoms with Gasteiger partial charge in [0.25, 0.3) is 0 Å². The molecule has 19 heavy (non-hydrogen) atoms. The Morgan fingerprint density at radius 3 is 2.63 bits per heavy atom. The Morgan fingerprint density at radius 2 is 2.05 bits per heavy atom. The van der Waals surface area contributed by atoms with Crippen LogP contribution in [0.1, 0.15) is 25.8 Å². The van der Waals surface area contributed by atoms with Crippen molar-refractivity contribution in [3.63, 3.8) is 0 Å². The van der Waals surface area contributed by atoms with Crippen molar-refractivity contribution in [3.05, 3.63) is 29.8 Å². The van der Waals surface area contributed by atoms with Gasteiger partial charge >= 0.3 is 0 Å². The molecule has 0 spiro atoms. The van der Waals surface area contributed by atoms with Gasteiger partial charge in [0, 0.05) is 5.92 Å². The molecule has 0 unspecified atom stereocenters. The molecule has 0 aliphatic heterocycles. The van der Waals surface area contributed by atoms with Crippen molar-refractivity contribution in [1.82, 2.24) is 0 Å². The normalized spacial score (nSPS) is 10.9. The zero-order valence-electron chi connectivity index (χ0n) is 11.3. The fourth-order valence-corrected chi connectivity index (χ4v) is 1.42. The van der Waals surface area contributed by atoms with E-state index >= 15 is 0 Å². The number of hydrogen-bond acceptors (Lipinski definition) is 4. The first-order chi connectivity index (χ1) is 8.93. The van der Waals surface area contributed by atoms with Crippen molar-refractivity contribution in [1.29, 1.82) is 0 Å². The fourth-order valence-electron chi connectivity index (χ4n) is 1.42. The maximum Gasteiger partial charge on any atom is 0.163 e. The molecule has 0 fully saturated rings. The minimum atomic E-state index is -0.231. The number of carbonyl (C=O) groups is 2. The van der Waals surface area contributed by atoms with E-state index in [1.165, 1.54) is 19.3 Å². The molecule has 4 nitrogen and oxygen atoms in total. The third-order valence-corrected chi connectivity index (χ3v) is 2.66. The van der Waals surface area contributed by atoms with Gasteiger partial charge in [-0.15, -0.1) is 0 Å². The summed E-state index contributed by atoms with van der Waals surface area (Å²) in [5.41, 5.74) is 0.722. The first kappa shape index (κ1) is 15.0. The molecule has 0 aliphatic rings. The van der Waals surface area contributed by atoms with Crippen molar-refractivity contribution < 1.29 is 19.4 Å². The van der Waals surface area contributed by atoms with Crippen LogP contribution in [0.25, 0.3) is 6.08 Å². The van der Waals surface area contributed by atoms with E-state index in [9.17, 15) is 14.7 Å². The lowest BCUT2D eigenvalue weighted by Gasteiger charge is -2.03. The maximum absolute atomic E-state index is 11.6. The predicted octanol–water partition coefficient (Wildman–Crippen LogP) is 2.60. The molecule has 0 amide bonds. The fraction of sp³-hybridized carbons (Fsp3) is 0.333. The maximum atomic E-state index is 11.6. The number of phenols is 1. The number of Topliss-reactive ketones (excluding diaryl/α,β-unsaturated/α-hetero) is 1. The van der Waals surface area contributed by atoms with Gasteiger partial charge in [-0.25, -0.2) is 0 Å². The van der Waals surface area contributed by atoms with E-state index in [4.69, 9.17) is 4.74 Å². The SMILES string of the molecule is COc1cc(C=CC(=O)CC(=O)C(C)C)ccc1O. The van der Waals surface area contributed by atoms with E-state index in [0.717, 1.165) is 5.56 Å². The monoisotopic (exact) mass is 262 g/mol. The second-order valence-electron chi connectivity index (χ2n) is 4.53. The van der Waals surface area contributed by atoms with Crippen molar-refractivity contribution in [2.75, 3.05) is 7.11 Å². The molecular formula is C15H18O4. The molecule has 0 saturated carbocycles. The van der Waals surface area contributed by atoms with Gasteiger partial charge in [0.05, 0.1) is 13.5 Å². The average Bonchev–Trinajstić information content (AvgIpc) is 2.37. The van der Waals surface area contributed by atoms with Gasteiger partial charge in [0.2, 0.25) is 0 Å². The van der Waals surface area contributed by atoms with Gasteiger partial charge in [0.1, 0.15) is 5.78 Å². The predicted molar refractivity (Wildman–Crippen MR) is 73.2 cm³/mol. The summed E-state index contributed by atoms with van der Waals surface area (Å²) in [6, 6.07) is 4.76. The molecule has 0 aliphatic carbocycles. The van der Waals surface area contributed by atoms with Gasteiger partial charge in [-0.2, -0.15) is 0 Å². The minimum absolute atomic E-state index is 0.0426. The number of ketones is 2. The number of rotatable bonds is 6. The molecule has 1 aromatic rings. The average molecular weight is 262 g/mol.